The van der Waals surface area contributed by atoms with Gasteiger partial charge >= 0.3 is 0 Å². The molecule has 3 heteroatoms. The maximum absolute atomic E-state index is 3.56. The number of nitrogens with zero attached hydrogens (tertiary/aromatic N) is 1. The molecule has 108 valence electrons. The summed E-state index contributed by atoms with van der Waals surface area (Å²) in [5.41, 5.74) is 0. The molecule has 1 aliphatic rings. The Balaban J connectivity index is 2.50. The van der Waals surface area contributed by atoms with Crippen molar-refractivity contribution in [1.29, 1.82) is 0 Å². The molecule has 1 N–H and O–H groups in total. The van der Waals surface area contributed by atoms with Crippen LogP contribution in [0.25, 0.3) is 0 Å². The Hall–Kier alpha value is 0.270. The molecule has 1 rings (SSSR count). The molecule has 0 saturated heterocycles. The molecule has 0 spiro atoms. The second kappa shape index (κ2) is 9.22. The third kappa shape index (κ3) is 5.10. The molecule has 0 aromatic heterocycles. The smallest absolute Gasteiger partial charge is 0.0180 e. The van der Waals surface area contributed by atoms with Crippen molar-refractivity contribution in [2.45, 2.75) is 57.5 Å². The summed E-state index contributed by atoms with van der Waals surface area (Å²) in [5, 5.41) is 3.56. The molecule has 0 aliphatic heterocycles. The fraction of sp³-hybridized carbons (Fsp3) is 1.00. The van der Waals surface area contributed by atoms with Crippen LogP contribution in [0.2, 0.25) is 0 Å². The quantitative estimate of drug-likeness (QED) is 0.716. The summed E-state index contributed by atoms with van der Waals surface area (Å²) in [6.07, 6.45) is 10.5. The number of nitrogens with one attached hydrogen (secondary N) is 1. The van der Waals surface area contributed by atoms with Crippen molar-refractivity contribution in [1.82, 2.24) is 10.2 Å². The van der Waals surface area contributed by atoms with Gasteiger partial charge in [0, 0.05) is 24.4 Å². The van der Waals surface area contributed by atoms with Crippen LogP contribution in [0.3, 0.4) is 0 Å². The molecular weight excluding hydrogens is 240 g/mol. The molecule has 0 aromatic carbocycles. The summed E-state index contributed by atoms with van der Waals surface area (Å²) in [6.45, 7) is 3.59. The van der Waals surface area contributed by atoms with Crippen LogP contribution in [0.1, 0.15) is 45.4 Å². The Morgan fingerprint density at radius 1 is 1.28 bits per heavy atom. The van der Waals surface area contributed by atoms with E-state index in [1.54, 1.807) is 0 Å². The predicted octanol–water partition coefficient (Wildman–Crippen LogP) is 3.23. The van der Waals surface area contributed by atoms with E-state index in [0.717, 1.165) is 18.0 Å². The first-order chi connectivity index (χ1) is 8.72. The SMILES string of the molecule is CCC(CSC)N(C)CC1CCCCCC1NC. The zero-order chi connectivity index (χ0) is 13.4. The van der Waals surface area contributed by atoms with E-state index in [2.05, 4.69) is 37.5 Å². The minimum atomic E-state index is 0.738. The fourth-order valence-electron chi connectivity index (χ4n) is 3.25. The first kappa shape index (κ1) is 16.3. The monoisotopic (exact) mass is 272 g/mol. The first-order valence-electron chi connectivity index (χ1n) is 7.59. The molecular formula is C15H32N2S. The maximum Gasteiger partial charge on any atom is 0.0180 e. The van der Waals surface area contributed by atoms with Crippen LogP contribution in [0.4, 0.5) is 0 Å². The standard InChI is InChI=1S/C15H32N2S/c1-5-14(12-18-4)17(3)11-13-9-7-6-8-10-15(13)16-2/h13-16H,5-12H2,1-4H3. The number of thioether (sulfide) groups is 1. The van der Waals surface area contributed by atoms with Crippen molar-refractivity contribution in [2.24, 2.45) is 5.92 Å². The molecule has 0 amide bonds. The van der Waals surface area contributed by atoms with E-state index in [-0.39, 0.29) is 0 Å². The zero-order valence-corrected chi connectivity index (χ0v) is 13.6. The van der Waals surface area contributed by atoms with Crippen LogP contribution < -0.4 is 5.32 Å². The Bertz CT molecular complexity index is 211. The molecule has 1 aliphatic carbocycles. The molecule has 1 fully saturated rings. The van der Waals surface area contributed by atoms with Crippen molar-refractivity contribution in [3.8, 4) is 0 Å². The van der Waals surface area contributed by atoms with Crippen LogP contribution in [0, 0.1) is 5.92 Å². The number of hydrogen-bond acceptors (Lipinski definition) is 3. The largest absolute Gasteiger partial charge is 0.317 e. The average Bonchev–Trinajstić information content (AvgIpc) is 2.60. The van der Waals surface area contributed by atoms with Crippen molar-refractivity contribution in [3.63, 3.8) is 0 Å². The van der Waals surface area contributed by atoms with Gasteiger partial charge in [-0.2, -0.15) is 11.8 Å². The first-order valence-corrected chi connectivity index (χ1v) is 8.98. The minimum Gasteiger partial charge on any atom is -0.317 e. The fourth-order valence-corrected chi connectivity index (χ4v) is 4.13. The molecule has 0 aromatic rings. The summed E-state index contributed by atoms with van der Waals surface area (Å²) in [6, 6.07) is 1.49. The lowest BCUT2D eigenvalue weighted by Gasteiger charge is -2.33. The number of rotatable bonds is 7. The summed E-state index contributed by atoms with van der Waals surface area (Å²) in [5.74, 6) is 2.11. The predicted molar refractivity (Wildman–Crippen MR) is 84.5 cm³/mol. The van der Waals surface area contributed by atoms with Gasteiger partial charge in [0.25, 0.3) is 0 Å². The third-order valence-electron chi connectivity index (χ3n) is 4.51. The van der Waals surface area contributed by atoms with Gasteiger partial charge in [0.1, 0.15) is 0 Å². The molecule has 1 saturated carbocycles. The van der Waals surface area contributed by atoms with Crippen molar-refractivity contribution in [3.05, 3.63) is 0 Å². The Morgan fingerprint density at radius 2 is 2.00 bits per heavy atom. The molecule has 0 bridgehead atoms. The van der Waals surface area contributed by atoms with E-state index in [4.69, 9.17) is 0 Å². The molecule has 18 heavy (non-hydrogen) atoms. The van der Waals surface area contributed by atoms with E-state index in [1.807, 2.05) is 11.8 Å². The summed E-state index contributed by atoms with van der Waals surface area (Å²) < 4.78 is 0. The van der Waals surface area contributed by atoms with E-state index >= 15 is 0 Å². The van der Waals surface area contributed by atoms with Crippen LogP contribution in [-0.2, 0) is 0 Å². The lowest BCUT2D eigenvalue weighted by molar-refractivity contribution is 0.187. The molecule has 3 atom stereocenters. The highest BCUT2D eigenvalue weighted by atomic mass is 32.2. The summed E-state index contributed by atoms with van der Waals surface area (Å²) >= 11 is 1.98. The molecule has 3 unspecified atom stereocenters. The lowest BCUT2D eigenvalue weighted by Crippen LogP contribution is -2.43. The van der Waals surface area contributed by atoms with E-state index in [0.29, 0.717) is 0 Å². The van der Waals surface area contributed by atoms with Gasteiger partial charge in [-0.1, -0.05) is 26.2 Å². The van der Waals surface area contributed by atoms with Gasteiger partial charge in [-0.25, -0.2) is 0 Å². The van der Waals surface area contributed by atoms with Crippen molar-refractivity contribution in [2.75, 3.05) is 32.6 Å². The van der Waals surface area contributed by atoms with E-state index in [1.165, 1.54) is 50.8 Å². The minimum absolute atomic E-state index is 0.738. The van der Waals surface area contributed by atoms with E-state index < -0.39 is 0 Å². The third-order valence-corrected chi connectivity index (χ3v) is 5.22. The zero-order valence-electron chi connectivity index (χ0n) is 12.7. The molecule has 0 heterocycles. The van der Waals surface area contributed by atoms with Gasteiger partial charge in [0.05, 0.1) is 0 Å². The van der Waals surface area contributed by atoms with Crippen LogP contribution in [-0.4, -0.2) is 49.6 Å². The van der Waals surface area contributed by atoms with Gasteiger partial charge in [-0.05, 0) is 45.5 Å². The van der Waals surface area contributed by atoms with Gasteiger partial charge in [-0.3, -0.25) is 0 Å². The van der Waals surface area contributed by atoms with E-state index in [9.17, 15) is 0 Å². The lowest BCUT2D eigenvalue weighted by atomic mass is 9.94. The highest BCUT2D eigenvalue weighted by Crippen LogP contribution is 2.25. The highest BCUT2D eigenvalue weighted by Gasteiger charge is 2.25. The van der Waals surface area contributed by atoms with Crippen LogP contribution in [0.15, 0.2) is 0 Å². The highest BCUT2D eigenvalue weighted by molar-refractivity contribution is 7.98. The van der Waals surface area contributed by atoms with Crippen molar-refractivity contribution < 1.29 is 0 Å². The molecule has 0 radical (unpaired) electrons. The Labute approximate surface area is 118 Å². The summed E-state index contributed by atoms with van der Waals surface area (Å²) in [7, 11) is 4.46. The maximum atomic E-state index is 3.56. The normalized spacial score (nSPS) is 27.2. The number of hydrogen-bond donors (Lipinski definition) is 1. The van der Waals surface area contributed by atoms with Crippen molar-refractivity contribution >= 4 is 11.8 Å². The summed E-state index contributed by atoms with van der Waals surface area (Å²) in [4.78, 5) is 2.61. The van der Waals surface area contributed by atoms with Crippen LogP contribution in [0.5, 0.6) is 0 Å². The second-order valence-corrected chi connectivity index (χ2v) is 6.66. The topological polar surface area (TPSA) is 15.3 Å². The van der Waals surface area contributed by atoms with Gasteiger partial charge in [0.15, 0.2) is 0 Å². The second-order valence-electron chi connectivity index (χ2n) is 5.75. The van der Waals surface area contributed by atoms with Gasteiger partial charge in [0.2, 0.25) is 0 Å². The van der Waals surface area contributed by atoms with Gasteiger partial charge in [-0.15, -0.1) is 0 Å². The Morgan fingerprint density at radius 3 is 2.61 bits per heavy atom. The van der Waals surface area contributed by atoms with Gasteiger partial charge < -0.3 is 10.2 Å². The molecule has 2 nitrogen and oxygen atoms in total. The average molecular weight is 273 g/mol. The Kier molecular flexibility index (Phi) is 8.36. The van der Waals surface area contributed by atoms with Crippen LogP contribution >= 0.6 is 11.8 Å².